The van der Waals surface area contributed by atoms with Crippen LogP contribution in [0.15, 0.2) is 0 Å². The van der Waals surface area contributed by atoms with Crippen LogP contribution in [0.3, 0.4) is 0 Å². The molecule has 1 atom stereocenters. The van der Waals surface area contributed by atoms with Crippen molar-refractivity contribution in [2.24, 2.45) is 0 Å². The molecule has 98 valence electrons. The molecule has 0 saturated carbocycles. The number of amides is 2. The molecule has 1 fully saturated rings. The molecule has 17 heavy (non-hydrogen) atoms. The van der Waals surface area contributed by atoms with Gasteiger partial charge in [0.15, 0.2) is 0 Å². The van der Waals surface area contributed by atoms with E-state index in [0.717, 1.165) is 6.42 Å². The fraction of sp³-hybridized carbons (Fsp3) is 0.833. The summed E-state index contributed by atoms with van der Waals surface area (Å²) < 4.78 is 5.32. The van der Waals surface area contributed by atoms with Gasteiger partial charge in [-0.05, 0) is 26.7 Å². The largest absolute Gasteiger partial charge is 0.379 e. The molecular weight excluding hydrogens is 220 g/mol. The Morgan fingerprint density at radius 2 is 2.12 bits per heavy atom. The summed E-state index contributed by atoms with van der Waals surface area (Å²) in [4.78, 5) is 25.1. The van der Waals surface area contributed by atoms with E-state index in [1.54, 1.807) is 12.0 Å². The predicted octanol–water partition coefficient (Wildman–Crippen LogP) is 0.539. The number of rotatable bonds is 5. The lowest BCUT2D eigenvalue weighted by atomic mass is 10.0. The van der Waals surface area contributed by atoms with Crippen molar-refractivity contribution in [3.8, 4) is 0 Å². The van der Waals surface area contributed by atoms with E-state index < -0.39 is 0 Å². The second-order valence-corrected chi connectivity index (χ2v) is 4.94. The number of nitrogens with one attached hydrogen (secondary N) is 1. The van der Waals surface area contributed by atoms with Gasteiger partial charge in [0.2, 0.25) is 11.8 Å². The molecule has 1 rings (SSSR count). The Hall–Kier alpha value is -1.10. The second kappa shape index (κ2) is 5.49. The van der Waals surface area contributed by atoms with Crippen LogP contribution < -0.4 is 5.32 Å². The highest BCUT2D eigenvalue weighted by atomic mass is 16.5. The van der Waals surface area contributed by atoms with Gasteiger partial charge < -0.3 is 15.0 Å². The predicted molar refractivity (Wildman–Crippen MR) is 64.5 cm³/mol. The lowest BCUT2D eigenvalue weighted by molar-refractivity contribution is -0.146. The summed E-state index contributed by atoms with van der Waals surface area (Å²) in [5.41, 5.74) is -0.271. The fourth-order valence-electron chi connectivity index (χ4n) is 1.88. The summed E-state index contributed by atoms with van der Waals surface area (Å²) in [6, 6.07) is -0.330. The van der Waals surface area contributed by atoms with Gasteiger partial charge in [0.25, 0.3) is 0 Å². The van der Waals surface area contributed by atoms with Crippen molar-refractivity contribution in [1.29, 1.82) is 0 Å². The van der Waals surface area contributed by atoms with E-state index in [1.165, 1.54) is 0 Å². The minimum atomic E-state index is -0.330. The van der Waals surface area contributed by atoms with Crippen LogP contribution in [0.25, 0.3) is 0 Å². The van der Waals surface area contributed by atoms with Crippen molar-refractivity contribution in [3.63, 3.8) is 0 Å². The van der Waals surface area contributed by atoms with Crippen LogP contribution in [0.5, 0.6) is 0 Å². The maximum atomic E-state index is 11.8. The van der Waals surface area contributed by atoms with E-state index in [0.29, 0.717) is 13.0 Å². The first-order valence-corrected chi connectivity index (χ1v) is 6.03. The van der Waals surface area contributed by atoms with Gasteiger partial charge in [-0.1, -0.05) is 6.92 Å². The smallest absolute Gasteiger partial charge is 0.243 e. The quantitative estimate of drug-likeness (QED) is 0.765. The number of hydrogen-bond acceptors (Lipinski definition) is 3. The summed E-state index contributed by atoms with van der Waals surface area (Å²) in [5.74, 6) is -0.0642. The number of piperazine rings is 1. The van der Waals surface area contributed by atoms with E-state index in [-0.39, 0.29) is 30.0 Å². The summed E-state index contributed by atoms with van der Waals surface area (Å²) in [5, 5.41) is 2.61. The van der Waals surface area contributed by atoms with E-state index in [2.05, 4.69) is 5.32 Å². The van der Waals surface area contributed by atoms with Crippen LogP contribution in [0.2, 0.25) is 0 Å². The molecule has 1 unspecified atom stereocenters. The minimum absolute atomic E-state index is 0.0108. The molecule has 0 aliphatic carbocycles. The average molecular weight is 242 g/mol. The van der Waals surface area contributed by atoms with Crippen molar-refractivity contribution < 1.29 is 14.3 Å². The van der Waals surface area contributed by atoms with Crippen molar-refractivity contribution >= 4 is 11.8 Å². The monoisotopic (exact) mass is 242 g/mol. The highest BCUT2D eigenvalue weighted by Gasteiger charge is 2.33. The fourth-order valence-corrected chi connectivity index (χ4v) is 1.88. The van der Waals surface area contributed by atoms with Gasteiger partial charge in [-0.15, -0.1) is 0 Å². The van der Waals surface area contributed by atoms with Gasteiger partial charge in [-0.2, -0.15) is 0 Å². The number of nitrogens with zero attached hydrogens (tertiary/aromatic N) is 1. The summed E-state index contributed by atoms with van der Waals surface area (Å²) in [6.07, 6.45) is 1.37. The average Bonchev–Trinajstić information content (AvgIpc) is 2.30. The van der Waals surface area contributed by atoms with E-state index >= 15 is 0 Å². The molecule has 0 radical (unpaired) electrons. The first kappa shape index (κ1) is 14.0. The Labute approximate surface area is 102 Å². The lowest BCUT2D eigenvalue weighted by Crippen LogP contribution is -2.58. The zero-order valence-corrected chi connectivity index (χ0v) is 11.1. The van der Waals surface area contributed by atoms with Gasteiger partial charge in [-0.3, -0.25) is 9.59 Å². The van der Waals surface area contributed by atoms with Crippen LogP contribution >= 0.6 is 0 Å². The number of hydrogen-bond donors (Lipinski definition) is 1. The van der Waals surface area contributed by atoms with Crippen LogP contribution in [-0.2, 0) is 14.3 Å². The molecule has 2 amide bonds. The molecule has 1 N–H and O–H groups in total. The van der Waals surface area contributed by atoms with E-state index in [4.69, 9.17) is 4.74 Å². The molecule has 0 aromatic rings. The Kier molecular flexibility index (Phi) is 4.51. The van der Waals surface area contributed by atoms with Crippen LogP contribution in [0.1, 0.15) is 33.6 Å². The van der Waals surface area contributed by atoms with Crippen LogP contribution in [0, 0.1) is 0 Å². The number of ether oxygens (including phenoxy) is 1. The molecule has 1 saturated heterocycles. The van der Waals surface area contributed by atoms with Gasteiger partial charge >= 0.3 is 0 Å². The summed E-state index contributed by atoms with van der Waals surface area (Å²) in [7, 11) is 1.65. The lowest BCUT2D eigenvalue weighted by Gasteiger charge is -2.36. The number of carbonyl (C=O) groups is 2. The van der Waals surface area contributed by atoms with Gasteiger partial charge in [0, 0.05) is 13.7 Å². The second-order valence-electron chi connectivity index (χ2n) is 4.94. The molecule has 0 aromatic heterocycles. The highest BCUT2D eigenvalue weighted by Crippen LogP contribution is 2.17. The topological polar surface area (TPSA) is 58.6 Å². The molecular formula is C12H22N2O3. The molecule has 0 spiro atoms. The third-order valence-electron chi connectivity index (χ3n) is 3.31. The minimum Gasteiger partial charge on any atom is -0.379 e. The standard InChI is InChI=1S/C12H22N2O3/c1-5-9-11(16)13-8-10(15)14(9)7-6-12(2,3)17-4/h9H,5-8H2,1-4H3,(H,13,16). The van der Waals surface area contributed by atoms with Crippen molar-refractivity contribution in [2.45, 2.75) is 45.3 Å². The zero-order chi connectivity index (χ0) is 13.1. The first-order chi connectivity index (χ1) is 7.91. The molecule has 1 aliphatic rings. The Balaban J connectivity index is 2.65. The van der Waals surface area contributed by atoms with Gasteiger partial charge in [-0.25, -0.2) is 0 Å². The molecule has 0 bridgehead atoms. The normalized spacial score (nSPS) is 21.6. The van der Waals surface area contributed by atoms with Crippen LogP contribution in [-0.4, -0.2) is 48.6 Å². The Morgan fingerprint density at radius 1 is 1.47 bits per heavy atom. The highest BCUT2D eigenvalue weighted by molar-refractivity contribution is 5.94. The van der Waals surface area contributed by atoms with Crippen molar-refractivity contribution in [3.05, 3.63) is 0 Å². The molecule has 0 aromatic carbocycles. The molecule has 1 aliphatic heterocycles. The van der Waals surface area contributed by atoms with Crippen molar-refractivity contribution in [2.75, 3.05) is 20.2 Å². The van der Waals surface area contributed by atoms with E-state index in [9.17, 15) is 9.59 Å². The first-order valence-electron chi connectivity index (χ1n) is 6.03. The third-order valence-corrected chi connectivity index (χ3v) is 3.31. The number of methoxy groups -OCH3 is 1. The molecule has 5 nitrogen and oxygen atoms in total. The van der Waals surface area contributed by atoms with Gasteiger partial charge in [0.05, 0.1) is 12.1 Å². The van der Waals surface area contributed by atoms with Gasteiger partial charge in [0.1, 0.15) is 6.04 Å². The van der Waals surface area contributed by atoms with Crippen LogP contribution in [0.4, 0.5) is 0 Å². The molecule has 1 heterocycles. The Bertz CT molecular complexity index is 302. The SMILES string of the molecule is CCC1C(=O)NCC(=O)N1CCC(C)(C)OC. The van der Waals surface area contributed by atoms with E-state index in [1.807, 2.05) is 20.8 Å². The zero-order valence-electron chi connectivity index (χ0n) is 11.1. The number of carbonyl (C=O) groups excluding carboxylic acids is 2. The maximum absolute atomic E-state index is 11.8. The maximum Gasteiger partial charge on any atom is 0.243 e. The molecule has 5 heteroatoms. The van der Waals surface area contributed by atoms with Crippen molar-refractivity contribution in [1.82, 2.24) is 10.2 Å². The summed E-state index contributed by atoms with van der Waals surface area (Å²) >= 11 is 0. The third kappa shape index (κ3) is 3.43. The summed E-state index contributed by atoms with van der Waals surface area (Å²) in [6.45, 7) is 6.54. The Morgan fingerprint density at radius 3 is 2.65 bits per heavy atom.